The van der Waals surface area contributed by atoms with E-state index in [9.17, 15) is 5.26 Å². The highest BCUT2D eigenvalue weighted by molar-refractivity contribution is 6.30. The van der Waals surface area contributed by atoms with Crippen LogP contribution in [0.5, 0.6) is 5.75 Å². The van der Waals surface area contributed by atoms with Gasteiger partial charge in [0.2, 0.25) is 0 Å². The van der Waals surface area contributed by atoms with Gasteiger partial charge in [-0.3, -0.25) is 0 Å². The monoisotopic (exact) mass is 326 g/mol. The number of benzene rings is 2. The van der Waals surface area contributed by atoms with E-state index in [1.165, 1.54) is 0 Å². The second-order valence-electron chi connectivity index (χ2n) is 5.08. The van der Waals surface area contributed by atoms with Gasteiger partial charge in [-0.25, -0.2) is 4.98 Å². The van der Waals surface area contributed by atoms with Gasteiger partial charge >= 0.3 is 0 Å². The van der Waals surface area contributed by atoms with Gasteiger partial charge in [0.25, 0.3) is 0 Å². The summed E-state index contributed by atoms with van der Waals surface area (Å²) in [5.41, 5.74) is 8.88. The van der Waals surface area contributed by atoms with E-state index in [2.05, 4.69) is 16.0 Å². The van der Waals surface area contributed by atoms with Crippen LogP contribution in [0.3, 0.4) is 0 Å². The smallest absolute Gasteiger partial charge is 0.139 e. The minimum Gasteiger partial charge on any atom is -0.484 e. The summed E-state index contributed by atoms with van der Waals surface area (Å²) in [6, 6.07) is 12.9. The molecular formula is C17H15ClN4O. The molecule has 6 heteroatoms. The molecule has 0 aliphatic carbocycles. The van der Waals surface area contributed by atoms with Crippen molar-refractivity contribution in [3.05, 3.63) is 58.9 Å². The van der Waals surface area contributed by atoms with Crippen LogP contribution in [0.2, 0.25) is 5.02 Å². The number of para-hydroxylation sites is 1. The highest BCUT2D eigenvalue weighted by atomic mass is 35.5. The van der Waals surface area contributed by atoms with Gasteiger partial charge in [0, 0.05) is 23.1 Å². The number of nitrogens with one attached hydrogen (secondary N) is 1. The number of imidazole rings is 1. The van der Waals surface area contributed by atoms with Gasteiger partial charge < -0.3 is 15.5 Å². The molecule has 0 aliphatic rings. The van der Waals surface area contributed by atoms with Gasteiger partial charge in [0.1, 0.15) is 17.9 Å². The van der Waals surface area contributed by atoms with Crippen molar-refractivity contribution in [2.24, 2.45) is 5.73 Å². The van der Waals surface area contributed by atoms with Gasteiger partial charge in [0.05, 0.1) is 22.9 Å². The second-order valence-corrected chi connectivity index (χ2v) is 5.52. The van der Waals surface area contributed by atoms with Gasteiger partial charge in [0.15, 0.2) is 0 Å². The number of aromatic amines is 1. The van der Waals surface area contributed by atoms with Crippen LogP contribution in [0.4, 0.5) is 0 Å². The van der Waals surface area contributed by atoms with E-state index in [1.807, 2.05) is 18.2 Å². The molecule has 3 rings (SSSR count). The predicted octanol–water partition coefficient (Wildman–Crippen LogP) is 3.56. The van der Waals surface area contributed by atoms with Gasteiger partial charge in [-0.1, -0.05) is 23.7 Å². The quantitative estimate of drug-likeness (QED) is 0.750. The maximum absolute atomic E-state index is 9.25. The molecule has 1 heterocycles. The van der Waals surface area contributed by atoms with Crippen molar-refractivity contribution in [3.63, 3.8) is 0 Å². The molecule has 0 spiro atoms. The summed E-state index contributed by atoms with van der Waals surface area (Å²) in [6.07, 6.45) is 1.94. The first-order valence-corrected chi connectivity index (χ1v) is 7.59. The Balaban J connectivity index is 2.02. The highest BCUT2D eigenvalue weighted by Crippen LogP contribution is 2.32. The SMILES string of the molecule is N#Cc1ccc(Cl)cc1OC(CCN)c1cccc2[nH]cnc12. The topological polar surface area (TPSA) is 87.7 Å². The molecule has 1 atom stereocenters. The first-order valence-electron chi connectivity index (χ1n) is 7.21. The summed E-state index contributed by atoms with van der Waals surface area (Å²) in [5.74, 6) is 0.450. The van der Waals surface area contributed by atoms with Crippen LogP contribution < -0.4 is 10.5 Å². The Bertz CT molecular complexity index is 868. The Kier molecular flexibility index (Phi) is 4.47. The average Bonchev–Trinajstić information content (AvgIpc) is 3.03. The van der Waals surface area contributed by atoms with E-state index in [0.717, 1.165) is 16.6 Å². The molecule has 1 unspecified atom stereocenters. The van der Waals surface area contributed by atoms with Crippen molar-refractivity contribution in [1.29, 1.82) is 5.26 Å². The third-order valence-electron chi connectivity index (χ3n) is 3.59. The second kappa shape index (κ2) is 6.69. The third-order valence-corrected chi connectivity index (χ3v) is 3.83. The minimum absolute atomic E-state index is 0.308. The predicted molar refractivity (Wildman–Crippen MR) is 89.3 cm³/mol. The zero-order chi connectivity index (χ0) is 16.2. The van der Waals surface area contributed by atoms with Crippen molar-refractivity contribution in [3.8, 4) is 11.8 Å². The number of fused-ring (bicyclic) bond motifs is 1. The van der Waals surface area contributed by atoms with Crippen molar-refractivity contribution in [1.82, 2.24) is 9.97 Å². The number of hydrogen-bond donors (Lipinski definition) is 2. The molecule has 0 radical (unpaired) electrons. The lowest BCUT2D eigenvalue weighted by molar-refractivity contribution is 0.198. The number of H-pyrrole nitrogens is 1. The number of halogens is 1. The van der Waals surface area contributed by atoms with Gasteiger partial charge in [-0.15, -0.1) is 0 Å². The van der Waals surface area contributed by atoms with E-state index in [-0.39, 0.29) is 6.10 Å². The van der Waals surface area contributed by atoms with Crippen LogP contribution in [-0.4, -0.2) is 16.5 Å². The molecule has 2 aromatic carbocycles. The Morgan fingerprint density at radius 1 is 1.35 bits per heavy atom. The maximum Gasteiger partial charge on any atom is 0.139 e. The van der Waals surface area contributed by atoms with Crippen LogP contribution in [0.15, 0.2) is 42.7 Å². The van der Waals surface area contributed by atoms with E-state index in [4.69, 9.17) is 22.1 Å². The van der Waals surface area contributed by atoms with Crippen molar-refractivity contribution < 1.29 is 4.74 Å². The fourth-order valence-electron chi connectivity index (χ4n) is 2.52. The Hall–Kier alpha value is -2.55. The first kappa shape index (κ1) is 15.3. The van der Waals surface area contributed by atoms with E-state index in [1.54, 1.807) is 24.5 Å². The summed E-state index contributed by atoms with van der Waals surface area (Å²) in [7, 11) is 0. The fraction of sp³-hybridized carbons (Fsp3) is 0.176. The molecule has 0 saturated carbocycles. The molecule has 23 heavy (non-hydrogen) atoms. The molecule has 3 N–H and O–H groups in total. The van der Waals surface area contributed by atoms with Gasteiger partial charge in [-0.2, -0.15) is 5.26 Å². The van der Waals surface area contributed by atoms with Crippen molar-refractivity contribution in [2.75, 3.05) is 6.54 Å². The van der Waals surface area contributed by atoms with E-state index < -0.39 is 0 Å². The Morgan fingerprint density at radius 2 is 2.22 bits per heavy atom. The van der Waals surface area contributed by atoms with Crippen LogP contribution in [-0.2, 0) is 0 Å². The molecule has 0 aliphatic heterocycles. The van der Waals surface area contributed by atoms with Gasteiger partial charge in [-0.05, 0) is 24.7 Å². The number of rotatable bonds is 5. The number of nitrogens with zero attached hydrogens (tertiary/aromatic N) is 2. The maximum atomic E-state index is 9.25. The molecule has 0 saturated heterocycles. The minimum atomic E-state index is -0.308. The summed E-state index contributed by atoms with van der Waals surface area (Å²) in [6.45, 7) is 0.452. The Labute approximate surface area is 138 Å². The number of nitriles is 1. The first-order chi connectivity index (χ1) is 11.2. The van der Waals surface area contributed by atoms with Crippen molar-refractivity contribution in [2.45, 2.75) is 12.5 Å². The lowest BCUT2D eigenvalue weighted by Gasteiger charge is -2.20. The number of aromatic nitrogens is 2. The molecule has 0 fully saturated rings. The summed E-state index contributed by atoms with van der Waals surface area (Å²) in [5, 5.41) is 9.76. The zero-order valence-corrected chi connectivity index (χ0v) is 13.0. The molecule has 0 amide bonds. The van der Waals surface area contributed by atoms with Crippen LogP contribution in [0.25, 0.3) is 11.0 Å². The lowest BCUT2D eigenvalue weighted by atomic mass is 10.0. The van der Waals surface area contributed by atoms with E-state index in [0.29, 0.717) is 29.3 Å². The summed E-state index contributed by atoms with van der Waals surface area (Å²) < 4.78 is 6.08. The Morgan fingerprint density at radius 3 is 3.00 bits per heavy atom. The lowest BCUT2D eigenvalue weighted by Crippen LogP contribution is -2.14. The largest absolute Gasteiger partial charge is 0.484 e. The summed E-state index contributed by atoms with van der Waals surface area (Å²) >= 11 is 6.03. The molecule has 1 aromatic heterocycles. The molecular weight excluding hydrogens is 312 g/mol. The number of hydrogen-bond acceptors (Lipinski definition) is 4. The molecule has 3 aromatic rings. The summed E-state index contributed by atoms with van der Waals surface area (Å²) in [4.78, 5) is 7.44. The standard InChI is InChI=1S/C17H15ClN4O/c18-12-5-4-11(9-20)16(8-12)23-15(6-7-19)13-2-1-3-14-17(13)22-10-21-14/h1-5,8,10,15H,6-7,19H2,(H,21,22). The normalized spacial score (nSPS) is 12.0. The molecule has 5 nitrogen and oxygen atoms in total. The average molecular weight is 327 g/mol. The fourth-order valence-corrected chi connectivity index (χ4v) is 2.68. The molecule has 116 valence electrons. The van der Waals surface area contributed by atoms with Crippen LogP contribution in [0.1, 0.15) is 23.7 Å². The van der Waals surface area contributed by atoms with E-state index >= 15 is 0 Å². The van der Waals surface area contributed by atoms with Crippen LogP contribution in [0, 0.1) is 11.3 Å². The zero-order valence-electron chi connectivity index (χ0n) is 12.3. The number of nitrogens with two attached hydrogens (primary N) is 1. The molecule has 0 bridgehead atoms. The van der Waals surface area contributed by atoms with Crippen molar-refractivity contribution >= 4 is 22.6 Å². The highest BCUT2D eigenvalue weighted by Gasteiger charge is 2.18. The van der Waals surface area contributed by atoms with Crippen LogP contribution >= 0.6 is 11.6 Å². The third kappa shape index (κ3) is 3.14. The number of ether oxygens (including phenoxy) is 1.